The second-order valence-electron chi connectivity index (χ2n) is 3.15. The maximum absolute atomic E-state index is 5.65. The second kappa shape index (κ2) is 3.79. The summed E-state index contributed by atoms with van der Waals surface area (Å²) in [5, 5.41) is 0. The maximum Gasteiger partial charge on any atom is 0.200 e. The normalized spacial score (nSPS) is 20.5. The first kappa shape index (κ1) is 8.57. The van der Waals surface area contributed by atoms with Crippen molar-refractivity contribution in [2.45, 2.75) is 26.1 Å². The van der Waals surface area contributed by atoms with E-state index in [2.05, 4.69) is 6.07 Å². The molecule has 0 spiro atoms. The highest BCUT2D eigenvalue weighted by atomic mass is 16.7. The van der Waals surface area contributed by atoms with Crippen LogP contribution in [-0.4, -0.2) is 12.9 Å². The van der Waals surface area contributed by atoms with Gasteiger partial charge in [0.1, 0.15) is 5.75 Å². The summed E-state index contributed by atoms with van der Waals surface area (Å²) in [5.41, 5.74) is 1.29. The molecule has 1 aliphatic rings. The first-order valence-electron chi connectivity index (χ1n) is 4.76. The molecule has 1 atom stereocenters. The summed E-state index contributed by atoms with van der Waals surface area (Å²) >= 11 is 0. The SMILES string of the molecule is CCOC1CCc2ccccc2O1. The van der Waals surface area contributed by atoms with Gasteiger partial charge in [0, 0.05) is 13.0 Å². The number of fused-ring (bicyclic) bond motifs is 1. The Hall–Kier alpha value is -1.02. The highest BCUT2D eigenvalue weighted by molar-refractivity contribution is 5.34. The Kier molecular flexibility index (Phi) is 2.50. The molecule has 0 fully saturated rings. The molecule has 0 N–H and O–H groups in total. The largest absolute Gasteiger partial charge is 0.465 e. The molecule has 0 bridgehead atoms. The van der Waals surface area contributed by atoms with E-state index >= 15 is 0 Å². The van der Waals surface area contributed by atoms with Gasteiger partial charge < -0.3 is 9.47 Å². The molecule has 2 nitrogen and oxygen atoms in total. The van der Waals surface area contributed by atoms with Crippen molar-refractivity contribution < 1.29 is 9.47 Å². The first-order chi connectivity index (χ1) is 6.40. The molecule has 1 aliphatic heterocycles. The summed E-state index contributed by atoms with van der Waals surface area (Å²) in [5.74, 6) is 0.979. The third-order valence-electron chi connectivity index (χ3n) is 2.23. The Morgan fingerprint density at radius 1 is 1.46 bits per heavy atom. The molecule has 0 saturated heterocycles. The third kappa shape index (κ3) is 1.83. The van der Waals surface area contributed by atoms with E-state index in [1.807, 2.05) is 25.1 Å². The Morgan fingerprint density at radius 3 is 3.15 bits per heavy atom. The van der Waals surface area contributed by atoms with E-state index in [-0.39, 0.29) is 6.29 Å². The molecular weight excluding hydrogens is 164 g/mol. The summed E-state index contributed by atoms with van der Waals surface area (Å²) in [4.78, 5) is 0. The molecule has 0 radical (unpaired) electrons. The predicted octanol–water partition coefficient (Wildman–Crippen LogP) is 2.37. The van der Waals surface area contributed by atoms with Crippen molar-refractivity contribution >= 4 is 0 Å². The van der Waals surface area contributed by atoms with Gasteiger partial charge in [-0.1, -0.05) is 18.2 Å². The zero-order chi connectivity index (χ0) is 9.10. The Bertz CT molecular complexity index is 283. The van der Waals surface area contributed by atoms with Crippen LogP contribution < -0.4 is 4.74 Å². The van der Waals surface area contributed by atoms with E-state index in [0.29, 0.717) is 6.61 Å². The van der Waals surface area contributed by atoms with Crippen LogP contribution in [0, 0.1) is 0 Å². The third-order valence-corrected chi connectivity index (χ3v) is 2.23. The van der Waals surface area contributed by atoms with Gasteiger partial charge in [0.25, 0.3) is 0 Å². The average Bonchev–Trinajstić information content (AvgIpc) is 2.18. The molecule has 0 aliphatic carbocycles. The predicted molar refractivity (Wildman–Crippen MR) is 50.8 cm³/mol. The number of hydrogen-bond donors (Lipinski definition) is 0. The van der Waals surface area contributed by atoms with Crippen LogP contribution >= 0.6 is 0 Å². The lowest BCUT2D eigenvalue weighted by Gasteiger charge is -2.25. The number of aryl methyl sites for hydroxylation is 1. The summed E-state index contributed by atoms with van der Waals surface area (Å²) in [6, 6.07) is 8.15. The molecule has 0 amide bonds. The van der Waals surface area contributed by atoms with Crippen molar-refractivity contribution in [3.8, 4) is 5.75 Å². The zero-order valence-corrected chi connectivity index (χ0v) is 7.82. The van der Waals surface area contributed by atoms with Crippen LogP contribution in [0.25, 0.3) is 0 Å². The zero-order valence-electron chi connectivity index (χ0n) is 7.82. The van der Waals surface area contributed by atoms with Crippen molar-refractivity contribution in [3.63, 3.8) is 0 Å². The van der Waals surface area contributed by atoms with Crippen molar-refractivity contribution in [1.29, 1.82) is 0 Å². The monoisotopic (exact) mass is 178 g/mol. The van der Waals surface area contributed by atoms with Crippen molar-refractivity contribution in [1.82, 2.24) is 0 Å². The topological polar surface area (TPSA) is 18.5 Å². The van der Waals surface area contributed by atoms with Crippen LogP contribution in [0.3, 0.4) is 0 Å². The van der Waals surface area contributed by atoms with E-state index < -0.39 is 0 Å². The number of ether oxygens (including phenoxy) is 2. The molecule has 1 heterocycles. The second-order valence-corrected chi connectivity index (χ2v) is 3.15. The number of benzene rings is 1. The maximum atomic E-state index is 5.65. The van der Waals surface area contributed by atoms with Gasteiger partial charge in [-0.15, -0.1) is 0 Å². The molecule has 2 rings (SSSR count). The van der Waals surface area contributed by atoms with Crippen LogP contribution in [-0.2, 0) is 11.2 Å². The van der Waals surface area contributed by atoms with Crippen LogP contribution in [0.2, 0.25) is 0 Å². The van der Waals surface area contributed by atoms with Gasteiger partial charge in [0.05, 0.1) is 0 Å². The summed E-state index contributed by atoms with van der Waals surface area (Å²) in [6.45, 7) is 2.71. The van der Waals surface area contributed by atoms with Gasteiger partial charge in [0.15, 0.2) is 6.29 Å². The quantitative estimate of drug-likeness (QED) is 0.692. The van der Waals surface area contributed by atoms with Crippen molar-refractivity contribution in [2.75, 3.05) is 6.61 Å². The highest BCUT2D eigenvalue weighted by Crippen LogP contribution is 2.27. The van der Waals surface area contributed by atoms with Gasteiger partial charge in [-0.3, -0.25) is 0 Å². The smallest absolute Gasteiger partial charge is 0.200 e. The summed E-state index contributed by atoms with van der Waals surface area (Å²) in [7, 11) is 0. The molecule has 0 aromatic heterocycles. The minimum absolute atomic E-state index is 0.0418. The van der Waals surface area contributed by atoms with Crippen LogP contribution in [0.4, 0.5) is 0 Å². The number of hydrogen-bond acceptors (Lipinski definition) is 2. The Labute approximate surface area is 78.5 Å². The van der Waals surface area contributed by atoms with Gasteiger partial charge in [-0.2, -0.15) is 0 Å². The van der Waals surface area contributed by atoms with Crippen LogP contribution in [0.1, 0.15) is 18.9 Å². The molecule has 13 heavy (non-hydrogen) atoms. The van der Waals surface area contributed by atoms with Gasteiger partial charge >= 0.3 is 0 Å². The standard InChI is InChI=1S/C11H14O2/c1-2-12-11-8-7-9-5-3-4-6-10(9)13-11/h3-6,11H,2,7-8H2,1H3. The fourth-order valence-electron chi connectivity index (χ4n) is 1.60. The Morgan fingerprint density at radius 2 is 2.31 bits per heavy atom. The van der Waals surface area contributed by atoms with Gasteiger partial charge in [-0.05, 0) is 25.0 Å². The van der Waals surface area contributed by atoms with E-state index in [1.165, 1.54) is 5.56 Å². The highest BCUT2D eigenvalue weighted by Gasteiger charge is 2.18. The average molecular weight is 178 g/mol. The minimum atomic E-state index is -0.0418. The summed E-state index contributed by atoms with van der Waals surface area (Å²) in [6.07, 6.45) is 1.98. The van der Waals surface area contributed by atoms with Gasteiger partial charge in [0.2, 0.25) is 0 Å². The Balaban J connectivity index is 2.11. The molecule has 1 aromatic rings. The van der Waals surface area contributed by atoms with E-state index in [9.17, 15) is 0 Å². The molecule has 0 saturated carbocycles. The van der Waals surface area contributed by atoms with E-state index in [1.54, 1.807) is 0 Å². The molecule has 1 aromatic carbocycles. The summed E-state index contributed by atoms with van der Waals surface area (Å²) < 4.78 is 11.1. The molecular formula is C11H14O2. The lowest BCUT2D eigenvalue weighted by atomic mass is 10.1. The number of rotatable bonds is 2. The molecule has 70 valence electrons. The fraction of sp³-hybridized carbons (Fsp3) is 0.455. The van der Waals surface area contributed by atoms with E-state index in [0.717, 1.165) is 18.6 Å². The minimum Gasteiger partial charge on any atom is -0.465 e. The van der Waals surface area contributed by atoms with E-state index in [4.69, 9.17) is 9.47 Å². The van der Waals surface area contributed by atoms with Crippen LogP contribution in [0.5, 0.6) is 5.75 Å². The lowest BCUT2D eigenvalue weighted by molar-refractivity contribution is -0.0861. The first-order valence-corrected chi connectivity index (χ1v) is 4.76. The van der Waals surface area contributed by atoms with Crippen molar-refractivity contribution in [2.24, 2.45) is 0 Å². The molecule has 2 heteroatoms. The van der Waals surface area contributed by atoms with Crippen LogP contribution in [0.15, 0.2) is 24.3 Å². The number of para-hydroxylation sites is 1. The van der Waals surface area contributed by atoms with Crippen molar-refractivity contribution in [3.05, 3.63) is 29.8 Å². The van der Waals surface area contributed by atoms with Gasteiger partial charge in [-0.25, -0.2) is 0 Å². The fourth-order valence-corrected chi connectivity index (χ4v) is 1.60. The molecule has 1 unspecified atom stereocenters. The lowest BCUT2D eigenvalue weighted by Crippen LogP contribution is -2.25.